The first kappa shape index (κ1) is 8.84. The lowest BCUT2D eigenvalue weighted by molar-refractivity contribution is 0.391. The Morgan fingerprint density at radius 1 is 1.25 bits per heavy atom. The molecule has 0 spiro atoms. The van der Waals surface area contributed by atoms with Crippen molar-refractivity contribution in [2.45, 2.75) is 19.8 Å². The van der Waals surface area contributed by atoms with Crippen molar-refractivity contribution in [3.05, 3.63) is 23.5 Å². The lowest BCUT2D eigenvalue weighted by atomic mass is 10.0. The van der Waals surface area contributed by atoms with Crippen LogP contribution in [0.3, 0.4) is 0 Å². The number of hydrogen-bond donors (Lipinski definition) is 2. The minimum absolute atomic E-state index is 0.142. The Kier molecular flexibility index (Phi) is 2.22. The van der Waals surface area contributed by atoms with Gasteiger partial charge in [0.05, 0.1) is 0 Å². The normalized spacial score (nSPS) is 10.7. The Morgan fingerprint density at radius 3 is 2.25 bits per heavy atom. The third-order valence-corrected chi connectivity index (χ3v) is 1.72. The van der Waals surface area contributed by atoms with Gasteiger partial charge < -0.3 is 10.2 Å². The quantitative estimate of drug-likeness (QED) is 0.635. The highest BCUT2D eigenvalue weighted by Gasteiger charge is 2.14. The average Bonchev–Trinajstić information content (AvgIpc) is 1.97. The first-order valence-electron chi connectivity index (χ1n) is 3.74. The molecule has 0 aliphatic carbocycles. The van der Waals surface area contributed by atoms with Gasteiger partial charge in [0, 0.05) is 5.56 Å². The largest absolute Gasteiger partial charge is 0.504 e. The van der Waals surface area contributed by atoms with Crippen LogP contribution in [0.15, 0.2) is 12.1 Å². The summed E-state index contributed by atoms with van der Waals surface area (Å²) >= 11 is 0. The minimum Gasteiger partial charge on any atom is -0.504 e. The average molecular weight is 170 g/mol. The Balaban J connectivity index is 3.33. The summed E-state index contributed by atoms with van der Waals surface area (Å²) in [5.41, 5.74) is 0.162. The van der Waals surface area contributed by atoms with Crippen molar-refractivity contribution in [2.75, 3.05) is 0 Å². The molecule has 0 aliphatic rings. The fraction of sp³-hybridized carbons (Fsp3) is 0.333. The Labute approximate surface area is 70.3 Å². The number of hydrogen-bond acceptors (Lipinski definition) is 2. The van der Waals surface area contributed by atoms with E-state index in [1.54, 1.807) is 13.8 Å². The number of phenolic OH excluding ortho intramolecular Hbond substituents is 2. The highest BCUT2D eigenvalue weighted by Crippen LogP contribution is 2.35. The van der Waals surface area contributed by atoms with Crippen LogP contribution < -0.4 is 0 Å². The van der Waals surface area contributed by atoms with Gasteiger partial charge in [-0.2, -0.15) is 0 Å². The molecule has 0 saturated heterocycles. The van der Waals surface area contributed by atoms with Crippen LogP contribution in [0.4, 0.5) is 4.39 Å². The van der Waals surface area contributed by atoms with Crippen molar-refractivity contribution in [1.82, 2.24) is 0 Å². The SMILES string of the molecule is CC(C)c1c(F)ccc(O)c1O. The van der Waals surface area contributed by atoms with Crippen LogP contribution in [0.25, 0.3) is 0 Å². The molecule has 1 rings (SSSR count). The van der Waals surface area contributed by atoms with E-state index >= 15 is 0 Å². The zero-order valence-electron chi connectivity index (χ0n) is 7.00. The maximum Gasteiger partial charge on any atom is 0.163 e. The molecule has 0 unspecified atom stereocenters. The van der Waals surface area contributed by atoms with E-state index in [0.717, 1.165) is 12.1 Å². The summed E-state index contributed by atoms with van der Waals surface area (Å²) in [4.78, 5) is 0. The van der Waals surface area contributed by atoms with Gasteiger partial charge in [-0.3, -0.25) is 0 Å². The maximum atomic E-state index is 13.0. The second-order valence-corrected chi connectivity index (χ2v) is 2.98. The van der Waals surface area contributed by atoms with Gasteiger partial charge in [0.25, 0.3) is 0 Å². The van der Waals surface area contributed by atoms with Gasteiger partial charge in [-0.15, -0.1) is 0 Å². The van der Waals surface area contributed by atoms with E-state index in [4.69, 9.17) is 5.11 Å². The summed E-state index contributed by atoms with van der Waals surface area (Å²) < 4.78 is 13.0. The predicted octanol–water partition coefficient (Wildman–Crippen LogP) is 2.36. The molecule has 0 aromatic heterocycles. The van der Waals surface area contributed by atoms with Crippen LogP contribution in [0.1, 0.15) is 25.3 Å². The van der Waals surface area contributed by atoms with Gasteiger partial charge in [-0.05, 0) is 18.1 Å². The van der Waals surface area contributed by atoms with Crippen LogP contribution >= 0.6 is 0 Å². The molecule has 2 N–H and O–H groups in total. The molecule has 12 heavy (non-hydrogen) atoms. The fourth-order valence-electron chi connectivity index (χ4n) is 1.12. The van der Waals surface area contributed by atoms with E-state index in [1.165, 1.54) is 0 Å². The molecule has 1 aromatic rings. The van der Waals surface area contributed by atoms with Crippen molar-refractivity contribution in [3.8, 4) is 11.5 Å². The van der Waals surface area contributed by atoms with Gasteiger partial charge in [0.1, 0.15) is 5.82 Å². The van der Waals surface area contributed by atoms with Crippen molar-refractivity contribution >= 4 is 0 Å². The third-order valence-electron chi connectivity index (χ3n) is 1.72. The van der Waals surface area contributed by atoms with Gasteiger partial charge in [-0.25, -0.2) is 4.39 Å². The summed E-state index contributed by atoms with van der Waals surface area (Å²) in [5, 5.41) is 18.3. The van der Waals surface area contributed by atoms with Crippen LogP contribution in [0.2, 0.25) is 0 Å². The van der Waals surface area contributed by atoms with Gasteiger partial charge in [0.15, 0.2) is 11.5 Å². The highest BCUT2D eigenvalue weighted by atomic mass is 19.1. The van der Waals surface area contributed by atoms with Crippen LogP contribution in [-0.2, 0) is 0 Å². The standard InChI is InChI=1S/C9H11FO2/c1-5(2)8-6(10)3-4-7(11)9(8)12/h3-5,11-12H,1-2H3. The number of aromatic hydroxyl groups is 2. The topological polar surface area (TPSA) is 40.5 Å². The summed E-state index contributed by atoms with van der Waals surface area (Å²) in [6.07, 6.45) is 0. The van der Waals surface area contributed by atoms with E-state index in [0.29, 0.717) is 0 Å². The molecular formula is C9H11FO2. The van der Waals surface area contributed by atoms with Crippen molar-refractivity contribution in [1.29, 1.82) is 0 Å². The number of phenols is 2. The number of rotatable bonds is 1. The van der Waals surface area contributed by atoms with Gasteiger partial charge >= 0.3 is 0 Å². The first-order chi connectivity index (χ1) is 5.54. The molecule has 3 heteroatoms. The van der Waals surface area contributed by atoms with E-state index in [-0.39, 0.29) is 23.0 Å². The summed E-state index contributed by atoms with van der Waals surface area (Å²) in [5.74, 6) is -1.26. The molecule has 0 saturated carbocycles. The molecule has 0 amide bonds. The monoisotopic (exact) mass is 170 g/mol. The van der Waals surface area contributed by atoms with Crippen molar-refractivity contribution < 1.29 is 14.6 Å². The van der Waals surface area contributed by atoms with E-state index in [2.05, 4.69) is 0 Å². The van der Waals surface area contributed by atoms with E-state index in [9.17, 15) is 9.50 Å². The molecule has 66 valence electrons. The zero-order valence-corrected chi connectivity index (χ0v) is 7.00. The molecule has 0 radical (unpaired) electrons. The number of benzene rings is 1. The predicted molar refractivity (Wildman–Crippen MR) is 43.8 cm³/mol. The maximum absolute atomic E-state index is 13.0. The van der Waals surface area contributed by atoms with Crippen LogP contribution in [-0.4, -0.2) is 10.2 Å². The molecule has 0 heterocycles. The molecule has 0 fully saturated rings. The molecule has 2 nitrogen and oxygen atoms in total. The molecular weight excluding hydrogens is 159 g/mol. The smallest absolute Gasteiger partial charge is 0.163 e. The lowest BCUT2D eigenvalue weighted by Crippen LogP contribution is -1.93. The summed E-state index contributed by atoms with van der Waals surface area (Å²) in [6, 6.07) is 2.28. The number of halogens is 1. The molecule has 0 bridgehead atoms. The highest BCUT2D eigenvalue weighted by molar-refractivity contribution is 5.46. The van der Waals surface area contributed by atoms with Crippen molar-refractivity contribution in [3.63, 3.8) is 0 Å². The Bertz CT molecular complexity index is 295. The van der Waals surface area contributed by atoms with Gasteiger partial charge in [0.2, 0.25) is 0 Å². The first-order valence-corrected chi connectivity index (χ1v) is 3.74. The van der Waals surface area contributed by atoms with Crippen LogP contribution in [0, 0.1) is 5.82 Å². The molecule has 0 aliphatic heterocycles. The summed E-state index contributed by atoms with van der Waals surface area (Å²) in [7, 11) is 0. The fourth-order valence-corrected chi connectivity index (χ4v) is 1.12. The third kappa shape index (κ3) is 1.35. The Hall–Kier alpha value is -1.25. The van der Waals surface area contributed by atoms with E-state index < -0.39 is 5.82 Å². The minimum atomic E-state index is -0.486. The Morgan fingerprint density at radius 2 is 1.83 bits per heavy atom. The van der Waals surface area contributed by atoms with Crippen molar-refractivity contribution in [2.24, 2.45) is 0 Å². The second kappa shape index (κ2) is 3.01. The lowest BCUT2D eigenvalue weighted by Gasteiger charge is -2.09. The molecule has 1 aromatic carbocycles. The molecule has 0 atom stereocenters. The summed E-state index contributed by atoms with van der Waals surface area (Å²) in [6.45, 7) is 3.50. The van der Waals surface area contributed by atoms with E-state index in [1.807, 2.05) is 0 Å². The van der Waals surface area contributed by atoms with Crippen LogP contribution in [0.5, 0.6) is 11.5 Å². The second-order valence-electron chi connectivity index (χ2n) is 2.98. The zero-order chi connectivity index (χ0) is 9.30. The van der Waals surface area contributed by atoms with Gasteiger partial charge in [-0.1, -0.05) is 13.8 Å².